The predicted molar refractivity (Wildman–Crippen MR) is 63.4 cm³/mol. The van der Waals surface area contributed by atoms with Gasteiger partial charge in [0, 0.05) is 10.5 Å². The van der Waals surface area contributed by atoms with Crippen molar-refractivity contribution in [2.75, 3.05) is 7.11 Å². The molecule has 1 rings (SSSR count). The summed E-state index contributed by atoms with van der Waals surface area (Å²) >= 11 is 3.47. The van der Waals surface area contributed by atoms with Gasteiger partial charge in [0.25, 0.3) is 0 Å². The Labute approximate surface area is 92.9 Å². The van der Waals surface area contributed by atoms with Crippen LogP contribution >= 0.6 is 15.9 Å². The molecule has 0 spiro atoms. The summed E-state index contributed by atoms with van der Waals surface area (Å²) in [6.45, 7) is 1.94. The molecular weight excluding hydrogens is 242 g/mol. The van der Waals surface area contributed by atoms with E-state index in [1.807, 2.05) is 37.3 Å². The Morgan fingerprint density at radius 2 is 2.21 bits per heavy atom. The Balaban J connectivity index is 2.89. The number of methoxy groups -OCH3 is 1. The fourth-order valence-electron chi connectivity index (χ4n) is 1.03. The van der Waals surface area contributed by atoms with Crippen LogP contribution in [0.15, 0.2) is 28.7 Å². The topological polar surface area (TPSA) is 35.2 Å². The number of rotatable bonds is 3. The largest absolute Gasteiger partial charge is 0.497 e. The summed E-state index contributed by atoms with van der Waals surface area (Å²) in [7, 11) is 1.65. The van der Waals surface area contributed by atoms with Gasteiger partial charge < -0.3 is 10.5 Å². The van der Waals surface area contributed by atoms with Crippen LogP contribution in [-0.4, -0.2) is 13.2 Å². The van der Waals surface area contributed by atoms with Crippen LogP contribution < -0.4 is 10.5 Å². The minimum Gasteiger partial charge on any atom is -0.497 e. The number of nitrogens with two attached hydrogens (primary N) is 1. The molecule has 0 bridgehead atoms. The summed E-state index contributed by atoms with van der Waals surface area (Å²) in [5, 5.41) is 0. The number of ether oxygens (including phenoxy) is 1. The SMILES string of the molecule is COc1ccc(/C=C/C(C)N)c(Br)c1. The zero-order chi connectivity index (χ0) is 10.6. The second-order valence-corrected chi connectivity index (χ2v) is 3.96. The molecule has 0 radical (unpaired) electrons. The van der Waals surface area contributed by atoms with E-state index in [-0.39, 0.29) is 6.04 Å². The van der Waals surface area contributed by atoms with Gasteiger partial charge in [-0.3, -0.25) is 0 Å². The van der Waals surface area contributed by atoms with Crippen LogP contribution in [0.1, 0.15) is 12.5 Å². The Hall–Kier alpha value is -0.800. The molecule has 0 aliphatic heterocycles. The van der Waals surface area contributed by atoms with Crippen LogP contribution in [0.3, 0.4) is 0 Å². The summed E-state index contributed by atoms with van der Waals surface area (Å²) in [6, 6.07) is 5.91. The van der Waals surface area contributed by atoms with E-state index in [4.69, 9.17) is 10.5 Å². The van der Waals surface area contributed by atoms with Crippen molar-refractivity contribution >= 4 is 22.0 Å². The zero-order valence-corrected chi connectivity index (χ0v) is 9.91. The van der Waals surface area contributed by atoms with Crippen molar-refractivity contribution in [3.63, 3.8) is 0 Å². The van der Waals surface area contributed by atoms with Gasteiger partial charge in [0.2, 0.25) is 0 Å². The molecule has 76 valence electrons. The van der Waals surface area contributed by atoms with E-state index in [9.17, 15) is 0 Å². The van der Waals surface area contributed by atoms with Crippen LogP contribution in [-0.2, 0) is 0 Å². The molecule has 14 heavy (non-hydrogen) atoms. The van der Waals surface area contributed by atoms with E-state index in [0.29, 0.717) is 0 Å². The molecular formula is C11H14BrNO. The van der Waals surface area contributed by atoms with E-state index in [2.05, 4.69) is 15.9 Å². The summed E-state index contributed by atoms with van der Waals surface area (Å²) in [4.78, 5) is 0. The molecule has 1 aromatic carbocycles. The maximum absolute atomic E-state index is 5.62. The Morgan fingerprint density at radius 1 is 1.50 bits per heavy atom. The lowest BCUT2D eigenvalue weighted by molar-refractivity contribution is 0.414. The molecule has 0 fully saturated rings. The van der Waals surface area contributed by atoms with Gasteiger partial charge >= 0.3 is 0 Å². The van der Waals surface area contributed by atoms with Gasteiger partial charge in [-0.05, 0) is 24.6 Å². The molecule has 0 aliphatic carbocycles. The standard InChI is InChI=1S/C11H14BrNO/c1-8(13)3-4-9-5-6-10(14-2)7-11(9)12/h3-8H,13H2,1-2H3/b4-3+. The van der Waals surface area contributed by atoms with E-state index in [0.717, 1.165) is 15.8 Å². The third-order valence-corrected chi connectivity index (χ3v) is 2.47. The highest BCUT2D eigenvalue weighted by atomic mass is 79.9. The highest BCUT2D eigenvalue weighted by Gasteiger charge is 1.98. The first kappa shape index (κ1) is 11.3. The minimum absolute atomic E-state index is 0.0731. The summed E-state index contributed by atoms with van der Waals surface area (Å²) < 4.78 is 6.10. The van der Waals surface area contributed by atoms with Crippen molar-refractivity contribution < 1.29 is 4.74 Å². The van der Waals surface area contributed by atoms with E-state index in [1.54, 1.807) is 7.11 Å². The molecule has 2 nitrogen and oxygen atoms in total. The number of hydrogen-bond donors (Lipinski definition) is 1. The van der Waals surface area contributed by atoms with Crippen LogP contribution in [0.4, 0.5) is 0 Å². The van der Waals surface area contributed by atoms with Gasteiger partial charge in [0.15, 0.2) is 0 Å². The van der Waals surface area contributed by atoms with Gasteiger partial charge in [-0.15, -0.1) is 0 Å². The molecule has 0 amide bonds. The molecule has 0 saturated heterocycles. The van der Waals surface area contributed by atoms with Crippen LogP contribution in [0.25, 0.3) is 6.08 Å². The minimum atomic E-state index is 0.0731. The average Bonchev–Trinajstić information content (AvgIpc) is 2.15. The third kappa shape index (κ3) is 3.16. The van der Waals surface area contributed by atoms with Crippen molar-refractivity contribution in [3.05, 3.63) is 34.3 Å². The maximum atomic E-state index is 5.62. The van der Waals surface area contributed by atoms with Gasteiger partial charge in [-0.1, -0.05) is 34.1 Å². The highest BCUT2D eigenvalue weighted by Crippen LogP contribution is 2.23. The first-order valence-corrected chi connectivity index (χ1v) is 5.20. The Morgan fingerprint density at radius 3 is 2.71 bits per heavy atom. The molecule has 0 aliphatic rings. The fourth-order valence-corrected chi connectivity index (χ4v) is 1.52. The van der Waals surface area contributed by atoms with E-state index in [1.165, 1.54) is 0 Å². The second-order valence-electron chi connectivity index (χ2n) is 3.11. The van der Waals surface area contributed by atoms with Gasteiger partial charge in [0.05, 0.1) is 7.11 Å². The third-order valence-electron chi connectivity index (χ3n) is 1.79. The first-order valence-electron chi connectivity index (χ1n) is 4.41. The van der Waals surface area contributed by atoms with E-state index < -0.39 is 0 Å². The van der Waals surface area contributed by atoms with Gasteiger partial charge in [-0.25, -0.2) is 0 Å². The Kier molecular flexibility index (Phi) is 4.17. The molecule has 0 heterocycles. The zero-order valence-electron chi connectivity index (χ0n) is 8.33. The quantitative estimate of drug-likeness (QED) is 0.902. The summed E-state index contributed by atoms with van der Waals surface area (Å²) in [6.07, 6.45) is 3.95. The molecule has 1 unspecified atom stereocenters. The maximum Gasteiger partial charge on any atom is 0.120 e. The van der Waals surface area contributed by atoms with Crippen molar-refractivity contribution in [1.82, 2.24) is 0 Å². The fraction of sp³-hybridized carbons (Fsp3) is 0.273. The normalized spacial score (nSPS) is 13.1. The van der Waals surface area contributed by atoms with Crippen molar-refractivity contribution in [2.45, 2.75) is 13.0 Å². The van der Waals surface area contributed by atoms with Crippen molar-refractivity contribution in [3.8, 4) is 5.75 Å². The lowest BCUT2D eigenvalue weighted by Crippen LogP contribution is -2.09. The lowest BCUT2D eigenvalue weighted by Gasteiger charge is -2.03. The van der Waals surface area contributed by atoms with Crippen molar-refractivity contribution in [2.24, 2.45) is 5.73 Å². The van der Waals surface area contributed by atoms with Crippen molar-refractivity contribution in [1.29, 1.82) is 0 Å². The van der Waals surface area contributed by atoms with Gasteiger partial charge in [0.1, 0.15) is 5.75 Å². The summed E-state index contributed by atoms with van der Waals surface area (Å²) in [5.74, 6) is 0.842. The molecule has 1 atom stereocenters. The first-order chi connectivity index (χ1) is 6.63. The van der Waals surface area contributed by atoms with Crippen LogP contribution in [0, 0.1) is 0 Å². The van der Waals surface area contributed by atoms with Crippen LogP contribution in [0.5, 0.6) is 5.75 Å². The monoisotopic (exact) mass is 255 g/mol. The highest BCUT2D eigenvalue weighted by molar-refractivity contribution is 9.10. The Bertz CT molecular complexity index is 334. The lowest BCUT2D eigenvalue weighted by atomic mass is 10.2. The molecule has 0 saturated carbocycles. The molecule has 3 heteroatoms. The number of hydrogen-bond acceptors (Lipinski definition) is 2. The van der Waals surface area contributed by atoms with Gasteiger partial charge in [-0.2, -0.15) is 0 Å². The number of benzene rings is 1. The van der Waals surface area contributed by atoms with E-state index >= 15 is 0 Å². The second kappa shape index (κ2) is 5.17. The molecule has 0 aromatic heterocycles. The smallest absolute Gasteiger partial charge is 0.120 e. The van der Waals surface area contributed by atoms with Crippen LogP contribution in [0.2, 0.25) is 0 Å². The number of halogens is 1. The predicted octanol–water partition coefficient (Wildman–Crippen LogP) is 2.82. The average molecular weight is 256 g/mol. The molecule has 2 N–H and O–H groups in total. The molecule has 1 aromatic rings. The summed E-state index contributed by atoms with van der Waals surface area (Å²) in [5.41, 5.74) is 6.72.